The normalized spacial score (nSPS) is 11.8. The first kappa shape index (κ1) is 19.4. The monoisotopic (exact) mass is 326 g/mol. The molecule has 122 valence electrons. The van der Waals surface area contributed by atoms with Gasteiger partial charge < -0.3 is 24.6 Å². The van der Waals surface area contributed by atoms with E-state index in [4.69, 9.17) is 9.47 Å². The number of hydrogen-bond donors (Lipinski definition) is 2. The summed E-state index contributed by atoms with van der Waals surface area (Å²) in [6.07, 6.45) is -0.943. The summed E-state index contributed by atoms with van der Waals surface area (Å²) in [5, 5.41) is 4.54. The van der Waals surface area contributed by atoms with Crippen molar-refractivity contribution in [2.24, 2.45) is 5.92 Å². The highest BCUT2D eigenvalue weighted by molar-refractivity contribution is 7.26. The molecule has 0 saturated carbocycles. The number of rotatable bonds is 9. The van der Waals surface area contributed by atoms with Gasteiger partial charge in [-0.3, -0.25) is 4.79 Å². The molecule has 8 nitrogen and oxygen atoms in total. The third kappa shape index (κ3) is 10.8. The van der Waals surface area contributed by atoms with Crippen LogP contribution in [0.3, 0.4) is 0 Å². The maximum atomic E-state index is 11.6. The minimum atomic E-state index is -1.43. The van der Waals surface area contributed by atoms with Crippen LogP contribution in [0.25, 0.3) is 0 Å². The molecule has 0 saturated heterocycles. The number of hydrogen-bond acceptors (Lipinski definition) is 6. The predicted molar refractivity (Wildman–Crippen MR) is 73.7 cm³/mol. The molecule has 0 aliphatic rings. The number of carbonyl (C=O) groups is 3. The van der Waals surface area contributed by atoms with Gasteiger partial charge in [0.2, 0.25) is 0 Å². The molecule has 0 heterocycles. The Hall–Kier alpha value is -1.63. The molecule has 0 aromatic rings. The summed E-state index contributed by atoms with van der Waals surface area (Å²) in [5.74, 6) is -0.489. The Kier molecular flexibility index (Phi) is 11.2. The van der Waals surface area contributed by atoms with Gasteiger partial charge in [-0.1, -0.05) is 13.8 Å². The Morgan fingerprint density at radius 3 is 2.24 bits per heavy atom. The van der Waals surface area contributed by atoms with Crippen LogP contribution in [-0.2, 0) is 18.8 Å². The van der Waals surface area contributed by atoms with Gasteiger partial charge in [0, 0.05) is 0 Å². The van der Waals surface area contributed by atoms with Gasteiger partial charge in [-0.15, -0.1) is 0 Å². The first-order valence-electron chi connectivity index (χ1n) is 6.38. The molecule has 0 rings (SSSR count). The summed E-state index contributed by atoms with van der Waals surface area (Å²) >= 11 is 0. The Balaban J connectivity index is 3.51. The van der Waals surface area contributed by atoms with E-state index in [0.717, 1.165) is 0 Å². The topological polar surface area (TPSA) is 103 Å². The maximum Gasteiger partial charge on any atom is 0.411 e. The largest absolute Gasteiger partial charge is 0.464 e. The summed E-state index contributed by atoms with van der Waals surface area (Å²) in [7, 11) is -1.43. The number of ether oxygens (including phenoxy) is 2. The quantitative estimate of drug-likeness (QED) is 0.288. The van der Waals surface area contributed by atoms with Crippen molar-refractivity contribution in [1.82, 2.24) is 10.6 Å². The summed E-state index contributed by atoms with van der Waals surface area (Å²) in [6.45, 7) is 3.72. The number of nitrogens with one attached hydrogen (secondary N) is 2. The van der Waals surface area contributed by atoms with Gasteiger partial charge in [0.05, 0.1) is 19.0 Å². The molecule has 0 bridgehead atoms. The molecule has 0 aliphatic carbocycles. The van der Waals surface area contributed by atoms with E-state index in [2.05, 4.69) is 15.2 Å². The Bertz CT molecular complexity index is 345. The van der Waals surface area contributed by atoms with E-state index >= 15 is 0 Å². The van der Waals surface area contributed by atoms with Gasteiger partial charge in [0.15, 0.2) is 0 Å². The number of halogens is 1. The van der Waals surface area contributed by atoms with Crippen LogP contribution >= 0.6 is 9.12 Å². The third-order valence-corrected chi connectivity index (χ3v) is 2.63. The Morgan fingerprint density at radius 1 is 1.10 bits per heavy atom. The highest BCUT2D eigenvalue weighted by Crippen LogP contribution is 2.10. The molecule has 0 aromatic carbocycles. The van der Waals surface area contributed by atoms with Crippen molar-refractivity contribution in [2.75, 3.05) is 26.3 Å². The van der Waals surface area contributed by atoms with Crippen LogP contribution in [0.15, 0.2) is 0 Å². The van der Waals surface area contributed by atoms with E-state index in [0.29, 0.717) is 6.42 Å². The maximum absolute atomic E-state index is 11.6. The standard InChI is InChI=1S/C11H20FN2O6P/c1-3-8(2)9(15)18-6-4-13-10(16)19-7-5-14-11(17)20-21-12/h8,21H,3-7H2,1-2H3,(H,13,16)(H,14,17). The zero-order valence-corrected chi connectivity index (χ0v) is 12.9. The lowest BCUT2D eigenvalue weighted by Crippen LogP contribution is -2.32. The van der Waals surface area contributed by atoms with Crippen LogP contribution < -0.4 is 10.6 Å². The summed E-state index contributed by atoms with van der Waals surface area (Å²) in [5.41, 5.74) is 0. The molecule has 0 radical (unpaired) electrons. The molecule has 2 atom stereocenters. The van der Waals surface area contributed by atoms with Crippen LogP contribution in [0.4, 0.5) is 13.8 Å². The molecular formula is C11H20FN2O6P. The number of amides is 2. The second kappa shape index (κ2) is 12.1. The highest BCUT2D eigenvalue weighted by atomic mass is 31.1. The van der Waals surface area contributed by atoms with Crippen LogP contribution in [0, 0.1) is 5.92 Å². The van der Waals surface area contributed by atoms with E-state index in [-0.39, 0.29) is 38.2 Å². The molecular weight excluding hydrogens is 306 g/mol. The second-order valence-electron chi connectivity index (χ2n) is 3.93. The van der Waals surface area contributed by atoms with Crippen LogP contribution in [0.1, 0.15) is 20.3 Å². The minimum absolute atomic E-state index is 0.000264. The summed E-state index contributed by atoms with van der Waals surface area (Å²) in [6, 6.07) is 0. The van der Waals surface area contributed by atoms with Gasteiger partial charge in [-0.2, -0.15) is 4.20 Å². The lowest BCUT2D eigenvalue weighted by atomic mass is 10.1. The van der Waals surface area contributed by atoms with Crippen LogP contribution in [-0.4, -0.2) is 44.5 Å². The van der Waals surface area contributed by atoms with E-state index in [1.54, 1.807) is 6.92 Å². The second-order valence-corrected chi connectivity index (χ2v) is 4.29. The average Bonchev–Trinajstić information content (AvgIpc) is 2.47. The fraction of sp³-hybridized carbons (Fsp3) is 0.727. The highest BCUT2D eigenvalue weighted by Gasteiger charge is 2.11. The molecule has 2 unspecified atom stereocenters. The zero-order valence-electron chi connectivity index (χ0n) is 11.9. The lowest BCUT2D eigenvalue weighted by Gasteiger charge is -2.10. The van der Waals surface area contributed by atoms with Gasteiger partial charge in [-0.25, -0.2) is 9.59 Å². The fourth-order valence-electron chi connectivity index (χ4n) is 1.03. The van der Waals surface area contributed by atoms with Crippen molar-refractivity contribution in [3.8, 4) is 0 Å². The molecule has 10 heteroatoms. The molecule has 0 aliphatic heterocycles. The van der Waals surface area contributed by atoms with Crippen molar-refractivity contribution < 1.29 is 32.6 Å². The van der Waals surface area contributed by atoms with Crippen LogP contribution in [0.5, 0.6) is 0 Å². The number of esters is 1. The van der Waals surface area contributed by atoms with E-state index in [9.17, 15) is 18.6 Å². The first-order valence-corrected chi connectivity index (χ1v) is 7.17. The Morgan fingerprint density at radius 2 is 1.67 bits per heavy atom. The average molecular weight is 326 g/mol. The van der Waals surface area contributed by atoms with Gasteiger partial charge in [0.1, 0.15) is 13.2 Å². The van der Waals surface area contributed by atoms with Gasteiger partial charge in [0.25, 0.3) is 9.12 Å². The number of carbonyl (C=O) groups excluding carboxylic acids is 3. The van der Waals surface area contributed by atoms with Crippen molar-refractivity contribution in [1.29, 1.82) is 0 Å². The summed E-state index contributed by atoms with van der Waals surface area (Å²) in [4.78, 5) is 33.1. The van der Waals surface area contributed by atoms with E-state index in [1.807, 2.05) is 6.92 Å². The van der Waals surface area contributed by atoms with E-state index < -0.39 is 21.3 Å². The van der Waals surface area contributed by atoms with Gasteiger partial charge in [-0.05, 0) is 6.42 Å². The molecule has 0 fully saturated rings. The third-order valence-electron chi connectivity index (χ3n) is 2.37. The minimum Gasteiger partial charge on any atom is -0.464 e. The van der Waals surface area contributed by atoms with Gasteiger partial charge >= 0.3 is 18.2 Å². The molecule has 2 N–H and O–H groups in total. The molecule has 0 aromatic heterocycles. The Labute approximate surface area is 124 Å². The van der Waals surface area contributed by atoms with E-state index in [1.165, 1.54) is 0 Å². The molecule has 0 spiro atoms. The smallest absolute Gasteiger partial charge is 0.411 e. The predicted octanol–water partition coefficient (Wildman–Crippen LogP) is 1.51. The van der Waals surface area contributed by atoms with Crippen molar-refractivity contribution in [3.63, 3.8) is 0 Å². The first-order chi connectivity index (χ1) is 10.0. The zero-order chi connectivity index (χ0) is 16.1. The molecule has 2 amide bonds. The number of alkyl carbamates (subject to hydrolysis) is 1. The summed E-state index contributed by atoms with van der Waals surface area (Å²) < 4.78 is 25.2. The molecule has 21 heavy (non-hydrogen) atoms. The lowest BCUT2D eigenvalue weighted by molar-refractivity contribution is -0.147. The SMILES string of the molecule is CCC(C)C(=O)OCCNC(=O)OCCNC(=O)OPF. The van der Waals surface area contributed by atoms with Crippen molar-refractivity contribution >= 4 is 27.3 Å². The van der Waals surface area contributed by atoms with Crippen molar-refractivity contribution in [2.45, 2.75) is 20.3 Å². The van der Waals surface area contributed by atoms with Crippen LogP contribution in [0.2, 0.25) is 0 Å². The van der Waals surface area contributed by atoms with Crippen molar-refractivity contribution in [3.05, 3.63) is 0 Å². The fourth-order valence-corrected chi connectivity index (χ4v) is 1.17.